The van der Waals surface area contributed by atoms with Crippen molar-refractivity contribution in [3.63, 3.8) is 0 Å². The van der Waals surface area contributed by atoms with Crippen LogP contribution in [-0.2, 0) is 20.9 Å². The number of benzene rings is 2. The van der Waals surface area contributed by atoms with Gasteiger partial charge in [-0.3, -0.25) is 4.79 Å². The molecule has 39 heavy (non-hydrogen) atoms. The number of aromatic nitrogens is 1. The van der Waals surface area contributed by atoms with Gasteiger partial charge in [0.2, 0.25) is 9.76 Å². The molecule has 1 unspecified atom stereocenters. The van der Waals surface area contributed by atoms with Crippen molar-refractivity contribution in [2.75, 3.05) is 6.61 Å². The van der Waals surface area contributed by atoms with Gasteiger partial charge >= 0.3 is 0 Å². The molecule has 1 aliphatic carbocycles. The SMILES string of the molecule is CC1c2ccc(OC[C@H]3OC(C)(C)O[C@H]3C(C)(C)O[Si]C(C)(C)C)cc2C(=O)c2c1n(C)c1cc(Br)ccc21. The lowest BCUT2D eigenvalue weighted by molar-refractivity contribution is -0.162. The normalized spacial score (nSPS) is 22.7. The Hall–Kier alpha value is -1.97. The van der Waals surface area contributed by atoms with Crippen molar-refractivity contribution in [1.82, 2.24) is 4.57 Å². The second-order valence-electron chi connectivity index (χ2n) is 12.7. The molecule has 208 valence electrons. The number of carbonyl (C=O) groups is 1. The first-order valence-corrected chi connectivity index (χ1v) is 15.2. The number of aryl methyl sites for hydroxylation is 1. The molecule has 2 radical (unpaired) electrons. The maximum absolute atomic E-state index is 13.9. The van der Waals surface area contributed by atoms with Crippen LogP contribution >= 0.6 is 15.9 Å². The number of hydrogen-bond donors (Lipinski definition) is 0. The van der Waals surface area contributed by atoms with Crippen LogP contribution in [0.3, 0.4) is 0 Å². The standard InChI is InChI=1S/C31H38BrNO5Si/c1-17-20-13-11-19(15-22(20)27(34)25-21-12-10-18(32)14-23(21)33(9)26(17)25)35-16-24-28(37-31(7,8)36-24)30(5,6)38-39-29(2,3)4/h10-15,17,24,28H,16H2,1-9H3/t17?,24-,28-/m1/s1. The van der Waals surface area contributed by atoms with Crippen LogP contribution < -0.4 is 4.74 Å². The molecular formula is C31H38BrNO5Si. The van der Waals surface area contributed by atoms with E-state index in [2.05, 4.69) is 54.3 Å². The van der Waals surface area contributed by atoms with Crippen molar-refractivity contribution in [3.8, 4) is 5.75 Å². The van der Waals surface area contributed by atoms with Gasteiger partial charge in [-0.1, -0.05) is 55.8 Å². The molecule has 1 fully saturated rings. The fraction of sp³-hybridized carbons (Fsp3) is 0.516. The molecule has 1 aliphatic heterocycles. The number of nitrogens with zero attached hydrogens (tertiary/aromatic N) is 1. The van der Waals surface area contributed by atoms with Crippen LogP contribution in [0.15, 0.2) is 40.9 Å². The highest BCUT2D eigenvalue weighted by Crippen LogP contribution is 2.43. The monoisotopic (exact) mass is 611 g/mol. The summed E-state index contributed by atoms with van der Waals surface area (Å²) in [5.74, 6) is 0.0125. The average molecular weight is 613 g/mol. The maximum atomic E-state index is 13.9. The Labute approximate surface area is 242 Å². The highest BCUT2D eigenvalue weighted by molar-refractivity contribution is 9.10. The molecule has 0 saturated carbocycles. The molecule has 3 aromatic rings. The zero-order valence-corrected chi connectivity index (χ0v) is 26.9. The van der Waals surface area contributed by atoms with E-state index in [1.807, 2.05) is 65.1 Å². The summed E-state index contributed by atoms with van der Waals surface area (Å²) in [4.78, 5) is 13.9. The van der Waals surface area contributed by atoms with E-state index in [9.17, 15) is 4.79 Å². The van der Waals surface area contributed by atoms with E-state index in [0.29, 0.717) is 21.1 Å². The molecule has 2 aliphatic rings. The summed E-state index contributed by atoms with van der Waals surface area (Å²) in [7, 11) is 2.36. The lowest BCUT2D eigenvalue weighted by atomic mass is 9.81. The fourth-order valence-electron chi connectivity index (χ4n) is 5.72. The Morgan fingerprint density at radius 1 is 1.08 bits per heavy atom. The van der Waals surface area contributed by atoms with E-state index in [-0.39, 0.29) is 35.6 Å². The number of hydrogen-bond acceptors (Lipinski definition) is 5. The summed E-state index contributed by atoms with van der Waals surface area (Å²) in [6.45, 7) is 16.9. The van der Waals surface area contributed by atoms with Crippen LogP contribution in [0.5, 0.6) is 5.75 Å². The molecule has 6 nitrogen and oxygen atoms in total. The van der Waals surface area contributed by atoms with Gasteiger partial charge in [0.05, 0.1) is 11.2 Å². The quantitative estimate of drug-likeness (QED) is 0.277. The fourth-order valence-corrected chi connectivity index (χ4v) is 6.76. The highest BCUT2D eigenvalue weighted by atomic mass is 79.9. The van der Waals surface area contributed by atoms with Gasteiger partial charge in [-0.05, 0) is 62.6 Å². The van der Waals surface area contributed by atoms with E-state index in [1.165, 1.54) is 0 Å². The van der Waals surface area contributed by atoms with Gasteiger partial charge in [0.15, 0.2) is 11.6 Å². The van der Waals surface area contributed by atoms with Crippen LogP contribution in [0.1, 0.15) is 88.5 Å². The number of halogens is 1. The second kappa shape index (κ2) is 9.84. The van der Waals surface area contributed by atoms with Crippen LogP contribution in [0.4, 0.5) is 0 Å². The van der Waals surface area contributed by atoms with Crippen molar-refractivity contribution < 1.29 is 23.4 Å². The molecule has 1 aromatic heterocycles. The van der Waals surface area contributed by atoms with Gasteiger partial charge in [0.1, 0.15) is 24.6 Å². The third kappa shape index (κ3) is 5.38. The summed E-state index contributed by atoms with van der Waals surface area (Å²) in [5, 5.41) is 1.04. The number of ether oxygens (including phenoxy) is 3. The largest absolute Gasteiger partial charge is 0.491 e. The van der Waals surface area contributed by atoms with Crippen LogP contribution in [0, 0.1) is 0 Å². The summed E-state index contributed by atoms with van der Waals surface area (Å²) < 4.78 is 28.3. The molecule has 0 spiro atoms. The minimum absolute atomic E-state index is 0.0358. The van der Waals surface area contributed by atoms with E-state index in [0.717, 1.165) is 32.2 Å². The molecule has 1 saturated heterocycles. The van der Waals surface area contributed by atoms with Gasteiger partial charge in [-0.15, -0.1) is 0 Å². The zero-order valence-electron chi connectivity index (χ0n) is 24.3. The van der Waals surface area contributed by atoms with Crippen molar-refractivity contribution in [1.29, 1.82) is 0 Å². The van der Waals surface area contributed by atoms with Crippen molar-refractivity contribution >= 4 is 42.4 Å². The first-order valence-electron chi connectivity index (χ1n) is 13.5. The lowest BCUT2D eigenvalue weighted by Gasteiger charge is -2.35. The molecular weight excluding hydrogens is 574 g/mol. The van der Waals surface area contributed by atoms with Gasteiger partial charge in [0, 0.05) is 39.6 Å². The van der Waals surface area contributed by atoms with Crippen LogP contribution in [0.25, 0.3) is 10.9 Å². The predicted octanol–water partition coefficient (Wildman–Crippen LogP) is 7.17. The van der Waals surface area contributed by atoms with Gasteiger partial charge in [-0.2, -0.15) is 0 Å². The van der Waals surface area contributed by atoms with Crippen LogP contribution in [-0.4, -0.2) is 50.3 Å². The van der Waals surface area contributed by atoms with E-state index in [4.69, 9.17) is 18.6 Å². The van der Waals surface area contributed by atoms with Crippen molar-refractivity contribution in [2.45, 2.75) is 89.9 Å². The summed E-state index contributed by atoms with van der Waals surface area (Å²) >= 11 is 3.57. The molecule has 0 amide bonds. The van der Waals surface area contributed by atoms with Crippen molar-refractivity contribution in [3.05, 3.63) is 63.3 Å². The molecule has 3 atom stereocenters. The summed E-state index contributed by atoms with van der Waals surface area (Å²) in [6.07, 6.45) is -0.632. The molecule has 8 heteroatoms. The van der Waals surface area contributed by atoms with E-state index >= 15 is 0 Å². The molecule has 2 aromatic carbocycles. The Bertz CT molecular complexity index is 1440. The van der Waals surface area contributed by atoms with Crippen molar-refractivity contribution in [2.24, 2.45) is 7.05 Å². The van der Waals surface area contributed by atoms with E-state index in [1.54, 1.807) is 0 Å². The second-order valence-corrected chi connectivity index (χ2v) is 15.6. The molecule has 2 heterocycles. The first kappa shape index (κ1) is 28.6. The number of ketones is 1. The number of rotatable bonds is 6. The minimum atomic E-state index is -0.745. The van der Waals surface area contributed by atoms with Gasteiger partial charge in [-0.25, -0.2) is 0 Å². The third-order valence-electron chi connectivity index (χ3n) is 7.48. The predicted molar refractivity (Wildman–Crippen MR) is 158 cm³/mol. The highest BCUT2D eigenvalue weighted by Gasteiger charge is 2.50. The smallest absolute Gasteiger partial charge is 0.236 e. The Morgan fingerprint density at radius 3 is 2.49 bits per heavy atom. The lowest BCUT2D eigenvalue weighted by Crippen LogP contribution is -2.48. The maximum Gasteiger partial charge on any atom is 0.236 e. The van der Waals surface area contributed by atoms with E-state index < -0.39 is 11.4 Å². The Balaban J connectivity index is 1.39. The summed E-state index contributed by atoms with van der Waals surface area (Å²) in [6, 6.07) is 11.9. The third-order valence-corrected chi connectivity index (χ3v) is 9.22. The van der Waals surface area contributed by atoms with Gasteiger partial charge in [0.25, 0.3) is 0 Å². The average Bonchev–Trinajstić information content (AvgIpc) is 3.33. The topological polar surface area (TPSA) is 58.9 Å². The van der Waals surface area contributed by atoms with Gasteiger partial charge < -0.3 is 23.2 Å². The number of fused-ring (bicyclic) bond motifs is 4. The zero-order chi connectivity index (χ0) is 28.5. The molecule has 0 N–H and O–H groups in total. The summed E-state index contributed by atoms with van der Waals surface area (Å²) in [5.41, 5.74) is 4.02. The molecule has 0 bridgehead atoms. The number of carbonyl (C=O) groups excluding carboxylic acids is 1. The molecule has 5 rings (SSSR count). The minimum Gasteiger partial charge on any atom is -0.491 e. The first-order chi connectivity index (χ1) is 18.1. The Morgan fingerprint density at radius 2 is 1.79 bits per heavy atom. The van der Waals surface area contributed by atoms with Crippen LogP contribution in [0.2, 0.25) is 5.04 Å². The Kier molecular flexibility index (Phi) is 7.20.